The molecule has 5 nitrogen and oxygen atoms in total. The van der Waals surface area contributed by atoms with Crippen molar-refractivity contribution in [1.82, 2.24) is 0 Å². The minimum atomic E-state index is -0.254. The first-order valence-electron chi connectivity index (χ1n) is 6.36. The highest BCUT2D eigenvalue weighted by atomic mass is 32.1. The molecule has 1 aromatic heterocycles. The molecular weight excluding hydrogens is 288 g/mol. The standard InChI is InChI=1S/C15H16N2O3S/c1-9-7-11(10(2)20-9)15(18)17-12-5-3-4-6-13(12)19-8-14(16)21/h3-7H,8H2,1-2H3,(H2,16,21)(H,17,18). The van der Waals surface area contributed by atoms with Gasteiger partial charge in [-0.25, -0.2) is 0 Å². The lowest BCUT2D eigenvalue weighted by Crippen LogP contribution is -2.19. The number of nitrogens with two attached hydrogens (primary N) is 1. The number of carbonyl (C=O) groups is 1. The summed E-state index contributed by atoms with van der Waals surface area (Å²) < 4.78 is 10.8. The van der Waals surface area contributed by atoms with E-state index < -0.39 is 0 Å². The first-order chi connectivity index (χ1) is 9.97. The van der Waals surface area contributed by atoms with Gasteiger partial charge in [0, 0.05) is 0 Å². The average molecular weight is 304 g/mol. The van der Waals surface area contributed by atoms with Crippen LogP contribution in [0.4, 0.5) is 5.69 Å². The maximum Gasteiger partial charge on any atom is 0.259 e. The van der Waals surface area contributed by atoms with Crippen LogP contribution in [0.2, 0.25) is 0 Å². The number of ether oxygens (including phenoxy) is 1. The van der Waals surface area contributed by atoms with Gasteiger partial charge in [0.1, 0.15) is 28.9 Å². The van der Waals surface area contributed by atoms with E-state index in [1.807, 2.05) is 0 Å². The van der Waals surface area contributed by atoms with Crippen molar-refractivity contribution >= 4 is 28.8 Å². The van der Waals surface area contributed by atoms with Crippen LogP contribution in [0, 0.1) is 13.8 Å². The average Bonchev–Trinajstić information content (AvgIpc) is 2.76. The van der Waals surface area contributed by atoms with Crippen molar-refractivity contribution in [3.63, 3.8) is 0 Å². The third-order valence-corrected chi connectivity index (χ3v) is 2.91. The van der Waals surface area contributed by atoms with Crippen molar-refractivity contribution in [3.05, 3.63) is 47.4 Å². The first-order valence-corrected chi connectivity index (χ1v) is 6.76. The monoisotopic (exact) mass is 304 g/mol. The zero-order chi connectivity index (χ0) is 15.4. The Morgan fingerprint density at radius 3 is 2.71 bits per heavy atom. The number of rotatable bonds is 5. The second-order valence-electron chi connectivity index (χ2n) is 4.53. The number of benzene rings is 1. The van der Waals surface area contributed by atoms with Gasteiger partial charge < -0.3 is 20.2 Å². The van der Waals surface area contributed by atoms with E-state index in [0.29, 0.717) is 28.5 Å². The van der Waals surface area contributed by atoms with Crippen molar-refractivity contribution in [2.24, 2.45) is 5.73 Å². The van der Waals surface area contributed by atoms with Gasteiger partial charge in [-0.1, -0.05) is 24.4 Å². The Labute approximate surface area is 128 Å². The van der Waals surface area contributed by atoms with Gasteiger partial charge in [-0.05, 0) is 32.0 Å². The third kappa shape index (κ3) is 3.82. The fourth-order valence-corrected chi connectivity index (χ4v) is 1.95. The number of thiocarbonyl (C=S) groups is 1. The number of aryl methyl sites for hydroxylation is 2. The van der Waals surface area contributed by atoms with Gasteiger partial charge in [-0.3, -0.25) is 4.79 Å². The number of hydrogen-bond acceptors (Lipinski definition) is 4. The van der Waals surface area contributed by atoms with E-state index in [4.69, 9.17) is 27.1 Å². The SMILES string of the molecule is Cc1cc(C(=O)Nc2ccccc2OCC(N)=S)c(C)o1. The normalized spacial score (nSPS) is 10.2. The van der Waals surface area contributed by atoms with Gasteiger partial charge in [0.05, 0.1) is 11.3 Å². The molecule has 21 heavy (non-hydrogen) atoms. The number of carbonyl (C=O) groups excluding carboxylic acids is 1. The quantitative estimate of drug-likeness (QED) is 0.831. The van der Waals surface area contributed by atoms with E-state index in [0.717, 1.165) is 0 Å². The van der Waals surface area contributed by atoms with Gasteiger partial charge in [-0.2, -0.15) is 0 Å². The zero-order valence-corrected chi connectivity index (χ0v) is 12.6. The molecular formula is C15H16N2O3S. The van der Waals surface area contributed by atoms with Crippen LogP contribution in [-0.2, 0) is 0 Å². The lowest BCUT2D eigenvalue weighted by Gasteiger charge is -2.11. The molecule has 0 saturated carbocycles. The highest BCUT2D eigenvalue weighted by Crippen LogP contribution is 2.25. The number of para-hydroxylation sites is 2. The predicted octanol–water partition coefficient (Wildman–Crippen LogP) is 2.81. The second kappa shape index (κ2) is 6.41. The molecule has 0 aliphatic carbocycles. The van der Waals surface area contributed by atoms with Gasteiger partial charge in [0.25, 0.3) is 5.91 Å². The highest BCUT2D eigenvalue weighted by molar-refractivity contribution is 7.80. The van der Waals surface area contributed by atoms with Crippen LogP contribution >= 0.6 is 12.2 Å². The van der Waals surface area contributed by atoms with Crippen LogP contribution in [0.25, 0.3) is 0 Å². The number of hydrogen-bond donors (Lipinski definition) is 2. The molecule has 1 amide bonds. The maximum atomic E-state index is 12.3. The molecule has 2 aromatic rings. The number of amides is 1. The van der Waals surface area contributed by atoms with Crippen molar-refractivity contribution in [2.75, 3.05) is 11.9 Å². The van der Waals surface area contributed by atoms with Crippen LogP contribution in [0.15, 0.2) is 34.7 Å². The summed E-state index contributed by atoms with van der Waals surface area (Å²) in [6.07, 6.45) is 0. The van der Waals surface area contributed by atoms with Crippen molar-refractivity contribution in [3.8, 4) is 5.75 Å². The Morgan fingerprint density at radius 2 is 2.10 bits per heavy atom. The molecule has 0 spiro atoms. The third-order valence-electron chi connectivity index (χ3n) is 2.79. The first kappa shape index (κ1) is 15.1. The molecule has 3 N–H and O–H groups in total. The van der Waals surface area contributed by atoms with Crippen LogP contribution in [0.1, 0.15) is 21.9 Å². The maximum absolute atomic E-state index is 12.3. The molecule has 2 rings (SSSR count). The molecule has 110 valence electrons. The number of nitrogens with one attached hydrogen (secondary N) is 1. The van der Waals surface area contributed by atoms with Crippen molar-refractivity contribution < 1.29 is 13.9 Å². The largest absolute Gasteiger partial charge is 0.484 e. The van der Waals surface area contributed by atoms with E-state index >= 15 is 0 Å². The minimum Gasteiger partial charge on any atom is -0.484 e. The molecule has 0 bridgehead atoms. The molecule has 0 aliphatic heterocycles. The van der Waals surface area contributed by atoms with Gasteiger partial charge >= 0.3 is 0 Å². The molecule has 0 aliphatic rings. The van der Waals surface area contributed by atoms with Gasteiger partial charge in [0.15, 0.2) is 0 Å². The fourth-order valence-electron chi connectivity index (χ4n) is 1.89. The summed E-state index contributed by atoms with van der Waals surface area (Å²) in [6, 6.07) is 8.79. The van der Waals surface area contributed by atoms with Crippen LogP contribution in [0.3, 0.4) is 0 Å². The van der Waals surface area contributed by atoms with E-state index in [1.54, 1.807) is 44.2 Å². The molecule has 0 fully saturated rings. The molecule has 6 heteroatoms. The number of furan rings is 1. The molecule has 0 radical (unpaired) electrons. The highest BCUT2D eigenvalue weighted by Gasteiger charge is 2.15. The summed E-state index contributed by atoms with van der Waals surface area (Å²) in [5, 5.41) is 2.80. The van der Waals surface area contributed by atoms with Crippen molar-refractivity contribution in [2.45, 2.75) is 13.8 Å². The number of anilines is 1. The lowest BCUT2D eigenvalue weighted by molar-refractivity contribution is 0.102. The van der Waals surface area contributed by atoms with Gasteiger partial charge in [0.2, 0.25) is 0 Å². The predicted molar refractivity (Wildman–Crippen MR) is 84.9 cm³/mol. The van der Waals surface area contributed by atoms with E-state index in [1.165, 1.54) is 0 Å². The van der Waals surface area contributed by atoms with Crippen LogP contribution < -0.4 is 15.8 Å². The summed E-state index contributed by atoms with van der Waals surface area (Å²) in [6.45, 7) is 3.66. The molecule has 0 atom stereocenters. The Hall–Kier alpha value is -2.34. The summed E-state index contributed by atoms with van der Waals surface area (Å²) in [5.41, 5.74) is 6.46. The molecule has 0 saturated heterocycles. The topological polar surface area (TPSA) is 77.5 Å². The Bertz CT molecular complexity index is 679. The fraction of sp³-hybridized carbons (Fsp3) is 0.200. The summed E-state index contributed by atoms with van der Waals surface area (Å²) in [5.74, 6) is 1.52. The summed E-state index contributed by atoms with van der Waals surface area (Å²) in [7, 11) is 0. The van der Waals surface area contributed by atoms with E-state index in [-0.39, 0.29) is 17.5 Å². The van der Waals surface area contributed by atoms with E-state index in [9.17, 15) is 4.79 Å². The van der Waals surface area contributed by atoms with Gasteiger partial charge in [-0.15, -0.1) is 0 Å². The lowest BCUT2D eigenvalue weighted by atomic mass is 10.2. The smallest absolute Gasteiger partial charge is 0.259 e. The molecule has 0 unspecified atom stereocenters. The van der Waals surface area contributed by atoms with Crippen LogP contribution in [0.5, 0.6) is 5.75 Å². The summed E-state index contributed by atoms with van der Waals surface area (Å²) >= 11 is 4.78. The Morgan fingerprint density at radius 1 is 1.38 bits per heavy atom. The Balaban J connectivity index is 2.17. The summed E-state index contributed by atoms with van der Waals surface area (Å²) in [4.78, 5) is 12.5. The van der Waals surface area contributed by atoms with E-state index in [2.05, 4.69) is 5.32 Å². The zero-order valence-electron chi connectivity index (χ0n) is 11.8. The Kier molecular flexibility index (Phi) is 4.59. The van der Waals surface area contributed by atoms with Crippen LogP contribution in [-0.4, -0.2) is 17.5 Å². The van der Waals surface area contributed by atoms with Crippen molar-refractivity contribution in [1.29, 1.82) is 0 Å². The molecule has 1 heterocycles. The molecule has 1 aromatic carbocycles. The minimum absolute atomic E-state index is 0.117. The second-order valence-corrected chi connectivity index (χ2v) is 5.06.